The summed E-state index contributed by atoms with van der Waals surface area (Å²) in [5.41, 5.74) is 1.96. The summed E-state index contributed by atoms with van der Waals surface area (Å²) < 4.78 is 0.896. The molecule has 0 aliphatic carbocycles. The second-order valence-corrected chi connectivity index (χ2v) is 5.62. The second-order valence-electron chi connectivity index (χ2n) is 4.77. The molecule has 2 amide bonds. The van der Waals surface area contributed by atoms with E-state index >= 15 is 0 Å². The lowest BCUT2D eigenvalue weighted by molar-refractivity contribution is -0.138. The minimum Gasteiger partial charge on any atom is -0.372 e. The van der Waals surface area contributed by atoms with Gasteiger partial charge in [-0.15, -0.1) is 0 Å². The largest absolute Gasteiger partial charge is 0.372 e. The van der Waals surface area contributed by atoms with Gasteiger partial charge in [0, 0.05) is 16.7 Å². The molecule has 1 fully saturated rings. The first-order valence-electron chi connectivity index (χ1n) is 6.39. The van der Waals surface area contributed by atoms with Crippen LogP contribution in [0.25, 0.3) is 0 Å². The minimum atomic E-state index is -0.447. The van der Waals surface area contributed by atoms with Gasteiger partial charge >= 0.3 is 0 Å². The van der Waals surface area contributed by atoms with Crippen LogP contribution in [0.5, 0.6) is 0 Å². The number of likely N-dealkylation sites (tertiary alicyclic amines) is 1. The van der Waals surface area contributed by atoms with Crippen LogP contribution < -0.4 is 5.32 Å². The van der Waals surface area contributed by atoms with Crippen molar-refractivity contribution in [3.8, 4) is 0 Å². The predicted molar refractivity (Wildman–Crippen MR) is 77.9 cm³/mol. The van der Waals surface area contributed by atoms with E-state index in [4.69, 9.17) is 0 Å². The SMILES string of the molecule is CCCN1C(=O)CC(Nc2cc(C)ccc2Br)C1=O. The third-order valence-corrected chi connectivity index (χ3v) is 3.83. The lowest BCUT2D eigenvalue weighted by Crippen LogP contribution is -2.35. The van der Waals surface area contributed by atoms with Crippen molar-refractivity contribution in [3.63, 3.8) is 0 Å². The maximum Gasteiger partial charge on any atom is 0.252 e. The van der Waals surface area contributed by atoms with Crippen LogP contribution in [0.3, 0.4) is 0 Å². The number of carbonyl (C=O) groups is 2. The number of imide groups is 1. The Morgan fingerprint density at radius 2 is 2.16 bits per heavy atom. The summed E-state index contributed by atoms with van der Waals surface area (Å²) in [7, 11) is 0. The topological polar surface area (TPSA) is 49.4 Å². The molecule has 2 rings (SSSR count). The van der Waals surface area contributed by atoms with Crippen molar-refractivity contribution in [2.75, 3.05) is 11.9 Å². The zero-order valence-electron chi connectivity index (χ0n) is 11.1. The molecule has 1 aliphatic rings. The van der Waals surface area contributed by atoms with Gasteiger partial charge in [0.2, 0.25) is 5.91 Å². The van der Waals surface area contributed by atoms with E-state index in [9.17, 15) is 9.59 Å². The summed E-state index contributed by atoms with van der Waals surface area (Å²) in [6, 6.07) is 5.44. The summed E-state index contributed by atoms with van der Waals surface area (Å²) in [6.45, 7) is 4.45. The molecule has 1 aliphatic heterocycles. The van der Waals surface area contributed by atoms with Crippen molar-refractivity contribution < 1.29 is 9.59 Å². The number of amides is 2. The van der Waals surface area contributed by atoms with Gasteiger partial charge in [0.15, 0.2) is 0 Å². The fourth-order valence-electron chi connectivity index (χ4n) is 2.19. The molecular formula is C14H17BrN2O2. The van der Waals surface area contributed by atoms with Crippen LogP contribution in [0.1, 0.15) is 25.3 Å². The third kappa shape index (κ3) is 2.97. The van der Waals surface area contributed by atoms with Crippen molar-refractivity contribution in [2.45, 2.75) is 32.7 Å². The molecule has 4 nitrogen and oxygen atoms in total. The molecule has 0 saturated carbocycles. The standard InChI is InChI=1S/C14H17BrN2O2/c1-3-6-17-13(18)8-12(14(17)19)16-11-7-9(2)4-5-10(11)15/h4-5,7,12,16H,3,6,8H2,1-2H3. The van der Waals surface area contributed by atoms with Gasteiger partial charge in [0.1, 0.15) is 6.04 Å². The highest BCUT2D eigenvalue weighted by molar-refractivity contribution is 9.10. The van der Waals surface area contributed by atoms with E-state index < -0.39 is 6.04 Å². The van der Waals surface area contributed by atoms with Crippen LogP contribution in [0.2, 0.25) is 0 Å². The summed E-state index contributed by atoms with van der Waals surface area (Å²) in [4.78, 5) is 25.3. The summed E-state index contributed by atoms with van der Waals surface area (Å²) in [5.74, 6) is -0.214. The highest BCUT2D eigenvalue weighted by Gasteiger charge is 2.38. The molecule has 102 valence electrons. The van der Waals surface area contributed by atoms with Gasteiger partial charge in [-0.25, -0.2) is 0 Å². The highest BCUT2D eigenvalue weighted by Crippen LogP contribution is 2.26. The first-order chi connectivity index (χ1) is 9.02. The van der Waals surface area contributed by atoms with Gasteiger partial charge in [-0.1, -0.05) is 13.0 Å². The average Bonchev–Trinajstić information content (AvgIpc) is 2.62. The maximum atomic E-state index is 12.1. The number of benzene rings is 1. The molecule has 1 aromatic rings. The fraction of sp³-hybridized carbons (Fsp3) is 0.429. The van der Waals surface area contributed by atoms with E-state index in [1.807, 2.05) is 32.0 Å². The molecule has 0 bridgehead atoms. The monoisotopic (exact) mass is 324 g/mol. The molecule has 1 atom stereocenters. The Morgan fingerprint density at radius 1 is 1.42 bits per heavy atom. The van der Waals surface area contributed by atoms with Gasteiger partial charge in [0.05, 0.1) is 6.42 Å². The molecule has 5 heteroatoms. The van der Waals surface area contributed by atoms with Gasteiger partial charge in [-0.3, -0.25) is 14.5 Å². The third-order valence-electron chi connectivity index (χ3n) is 3.14. The Morgan fingerprint density at radius 3 is 2.84 bits per heavy atom. The van der Waals surface area contributed by atoms with E-state index in [1.165, 1.54) is 4.90 Å². The van der Waals surface area contributed by atoms with Crippen molar-refractivity contribution in [1.82, 2.24) is 4.90 Å². The number of aryl methyl sites for hydroxylation is 1. The van der Waals surface area contributed by atoms with Crippen LogP contribution in [-0.2, 0) is 9.59 Å². The van der Waals surface area contributed by atoms with E-state index in [2.05, 4.69) is 21.2 Å². The van der Waals surface area contributed by atoms with Gasteiger partial charge < -0.3 is 5.32 Å². The van der Waals surface area contributed by atoms with E-state index in [1.54, 1.807) is 0 Å². The number of hydrogen-bond acceptors (Lipinski definition) is 3. The lowest BCUT2D eigenvalue weighted by Gasteiger charge is -2.16. The number of nitrogens with one attached hydrogen (secondary N) is 1. The van der Waals surface area contributed by atoms with Crippen LogP contribution in [0, 0.1) is 6.92 Å². The normalized spacial score (nSPS) is 19.1. The molecule has 19 heavy (non-hydrogen) atoms. The average molecular weight is 325 g/mol. The molecule has 1 saturated heterocycles. The Labute approximate surface area is 121 Å². The van der Waals surface area contributed by atoms with Crippen LogP contribution in [-0.4, -0.2) is 29.3 Å². The Balaban J connectivity index is 2.14. The Bertz CT molecular complexity index is 516. The number of halogens is 1. The number of nitrogens with zero attached hydrogens (tertiary/aromatic N) is 1. The van der Waals surface area contributed by atoms with Crippen molar-refractivity contribution in [1.29, 1.82) is 0 Å². The van der Waals surface area contributed by atoms with Gasteiger partial charge in [0.25, 0.3) is 5.91 Å². The summed E-state index contributed by atoms with van der Waals surface area (Å²) >= 11 is 3.45. The Hall–Kier alpha value is -1.36. The van der Waals surface area contributed by atoms with E-state index in [-0.39, 0.29) is 18.2 Å². The van der Waals surface area contributed by atoms with Crippen molar-refractivity contribution in [2.24, 2.45) is 0 Å². The van der Waals surface area contributed by atoms with E-state index in [0.717, 1.165) is 22.1 Å². The van der Waals surface area contributed by atoms with Gasteiger partial charge in [-0.05, 0) is 47.0 Å². The molecule has 1 heterocycles. The van der Waals surface area contributed by atoms with Crippen molar-refractivity contribution >= 4 is 33.4 Å². The molecule has 0 aromatic heterocycles. The molecule has 0 radical (unpaired) electrons. The van der Waals surface area contributed by atoms with Gasteiger partial charge in [-0.2, -0.15) is 0 Å². The first-order valence-corrected chi connectivity index (χ1v) is 7.19. The van der Waals surface area contributed by atoms with Crippen LogP contribution >= 0.6 is 15.9 Å². The smallest absolute Gasteiger partial charge is 0.252 e. The van der Waals surface area contributed by atoms with Crippen LogP contribution in [0.4, 0.5) is 5.69 Å². The summed E-state index contributed by atoms with van der Waals surface area (Å²) in [5, 5.41) is 3.16. The number of anilines is 1. The molecule has 1 aromatic carbocycles. The second kappa shape index (κ2) is 5.74. The minimum absolute atomic E-state index is 0.0897. The maximum absolute atomic E-state index is 12.1. The lowest BCUT2D eigenvalue weighted by atomic mass is 10.2. The molecule has 1 unspecified atom stereocenters. The predicted octanol–water partition coefficient (Wildman–Crippen LogP) is 2.71. The first kappa shape index (κ1) is 14.1. The molecule has 1 N–H and O–H groups in total. The summed E-state index contributed by atoms with van der Waals surface area (Å²) in [6.07, 6.45) is 1.03. The quantitative estimate of drug-likeness (QED) is 0.866. The Kier molecular flexibility index (Phi) is 4.24. The molecule has 0 spiro atoms. The zero-order chi connectivity index (χ0) is 14.0. The van der Waals surface area contributed by atoms with E-state index in [0.29, 0.717) is 6.54 Å². The number of carbonyl (C=O) groups excluding carboxylic acids is 2. The highest BCUT2D eigenvalue weighted by atomic mass is 79.9. The number of hydrogen-bond donors (Lipinski definition) is 1. The zero-order valence-corrected chi connectivity index (χ0v) is 12.7. The molecular weight excluding hydrogens is 308 g/mol. The fourth-order valence-corrected chi connectivity index (χ4v) is 2.55. The van der Waals surface area contributed by atoms with Crippen molar-refractivity contribution in [3.05, 3.63) is 28.2 Å². The van der Waals surface area contributed by atoms with Crippen LogP contribution in [0.15, 0.2) is 22.7 Å². The number of rotatable bonds is 4.